The first-order valence-corrected chi connectivity index (χ1v) is 12.0. The summed E-state index contributed by atoms with van der Waals surface area (Å²) in [5, 5.41) is 19.2. The molecular formula is C22H32N4O2S. The summed E-state index contributed by atoms with van der Waals surface area (Å²) < 4.78 is 8.23. The van der Waals surface area contributed by atoms with E-state index in [1.165, 1.54) is 10.4 Å². The normalized spacial score (nSPS) is 23.5. The van der Waals surface area contributed by atoms with E-state index >= 15 is 0 Å². The van der Waals surface area contributed by atoms with Crippen LogP contribution in [0.5, 0.6) is 0 Å². The highest BCUT2D eigenvalue weighted by atomic mass is 32.1. The number of likely N-dealkylation sites (tertiary alicyclic amines) is 1. The van der Waals surface area contributed by atoms with Crippen LogP contribution in [0.2, 0.25) is 0 Å². The summed E-state index contributed by atoms with van der Waals surface area (Å²) >= 11 is 1.99. The Balaban J connectivity index is 1.21. The third kappa shape index (κ3) is 3.90. The lowest BCUT2D eigenvalue weighted by Crippen LogP contribution is -2.45. The molecule has 4 heterocycles. The van der Waals surface area contributed by atoms with Crippen molar-refractivity contribution < 1.29 is 9.84 Å². The lowest BCUT2D eigenvalue weighted by Gasteiger charge is -2.44. The fourth-order valence-corrected chi connectivity index (χ4v) is 6.52. The molecule has 1 saturated carbocycles. The molecule has 2 aromatic heterocycles. The van der Waals surface area contributed by atoms with Gasteiger partial charge in [-0.15, -0.1) is 16.4 Å². The molecule has 7 heteroatoms. The van der Waals surface area contributed by atoms with Gasteiger partial charge in [-0.1, -0.05) is 25.0 Å². The first-order valence-electron chi connectivity index (χ1n) is 11.2. The highest BCUT2D eigenvalue weighted by molar-refractivity contribution is 7.12. The van der Waals surface area contributed by atoms with E-state index < -0.39 is 5.60 Å². The minimum Gasteiger partial charge on any atom is -0.388 e. The van der Waals surface area contributed by atoms with Crippen molar-refractivity contribution in [2.75, 3.05) is 19.7 Å². The second-order valence-corrected chi connectivity index (χ2v) is 10.3. The van der Waals surface area contributed by atoms with Crippen LogP contribution in [0.4, 0.5) is 0 Å². The molecule has 2 aromatic rings. The first kappa shape index (κ1) is 19.7. The molecule has 2 aliphatic heterocycles. The predicted molar refractivity (Wildman–Crippen MR) is 113 cm³/mol. The van der Waals surface area contributed by atoms with Crippen molar-refractivity contribution in [1.82, 2.24) is 19.9 Å². The van der Waals surface area contributed by atoms with Gasteiger partial charge in [-0.2, -0.15) is 0 Å². The van der Waals surface area contributed by atoms with Crippen LogP contribution in [-0.2, 0) is 36.3 Å². The second kappa shape index (κ2) is 7.76. The lowest BCUT2D eigenvalue weighted by molar-refractivity contribution is -0.0982. The summed E-state index contributed by atoms with van der Waals surface area (Å²) in [7, 11) is 0. The van der Waals surface area contributed by atoms with E-state index in [1.54, 1.807) is 4.88 Å². The van der Waals surface area contributed by atoms with Gasteiger partial charge < -0.3 is 9.84 Å². The van der Waals surface area contributed by atoms with Gasteiger partial charge in [0.25, 0.3) is 0 Å². The molecule has 6 nitrogen and oxygen atoms in total. The molecule has 0 amide bonds. The van der Waals surface area contributed by atoms with Crippen molar-refractivity contribution in [3.8, 4) is 0 Å². The SMILES string of the molecule is CCc1cc2c(s1)CCOC21CCN(Cc2cn(CC3(O)CCCC3)nn2)CC1. The van der Waals surface area contributed by atoms with Crippen molar-refractivity contribution in [3.63, 3.8) is 0 Å². The van der Waals surface area contributed by atoms with Crippen LogP contribution < -0.4 is 0 Å². The average Bonchev–Trinajstić information content (AvgIpc) is 3.45. The molecule has 29 heavy (non-hydrogen) atoms. The summed E-state index contributed by atoms with van der Waals surface area (Å²) in [6.45, 7) is 6.53. The highest BCUT2D eigenvalue weighted by Crippen LogP contribution is 2.44. The zero-order valence-electron chi connectivity index (χ0n) is 17.4. The molecule has 1 aliphatic carbocycles. The van der Waals surface area contributed by atoms with Crippen molar-refractivity contribution >= 4 is 11.3 Å². The lowest BCUT2D eigenvalue weighted by atomic mass is 9.82. The zero-order valence-corrected chi connectivity index (χ0v) is 18.2. The van der Waals surface area contributed by atoms with Crippen LogP contribution in [0.1, 0.15) is 66.5 Å². The molecular weight excluding hydrogens is 384 g/mol. The number of nitrogens with zero attached hydrogens (tertiary/aromatic N) is 4. The number of hydrogen-bond donors (Lipinski definition) is 1. The summed E-state index contributed by atoms with van der Waals surface area (Å²) in [6.07, 6.45) is 10.3. The van der Waals surface area contributed by atoms with Crippen molar-refractivity contribution in [2.45, 2.75) is 82.6 Å². The number of ether oxygens (including phenoxy) is 1. The van der Waals surface area contributed by atoms with Gasteiger partial charge in [0.2, 0.25) is 0 Å². The Morgan fingerprint density at radius 1 is 1.21 bits per heavy atom. The topological polar surface area (TPSA) is 63.4 Å². The molecule has 1 spiro atoms. The van der Waals surface area contributed by atoms with E-state index in [-0.39, 0.29) is 5.60 Å². The third-order valence-electron chi connectivity index (χ3n) is 7.03. The maximum Gasteiger partial charge on any atom is 0.0967 e. The van der Waals surface area contributed by atoms with Crippen LogP contribution in [-0.4, -0.2) is 50.3 Å². The number of piperidine rings is 1. The van der Waals surface area contributed by atoms with Crippen LogP contribution in [0.15, 0.2) is 12.3 Å². The molecule has 5 rings (SSSR count). The monoisotopic (exact) mass is 416 g/mol. The molecule has 0 bridgehead atoms. The largest absolute Gasteiger partial charge is 0.388 e. The summed E-state index contributed by atoms with van der Waals surface area (Å²) in [5.74, 6) is 0. The molecule has 0 radical (unpaired) electrons. The molecule has 158 valence electrons. The minimum absolute atomic E-state index is 0.0721. The Morgan fingerprint density at radius 2 is 2.00 bits per heavy atom. The number of aromatic nitrogens is 3. The molecule has 2 fully saturated rings. The minimum atomic E-state index is -0.587. The van der Waals surface area contributed by atoms with Gasteiger partial charge in [0.15, 0.2) is 0 Å². The number of hydrogen-bond acceptors (Lipinski definition) is 6. The number of rotatable bonds is 5. The molecule has 1 N–H and O–H groups in total. The third-order valence-corrected chi connectivity index (χ3v) is 8.37. The van der Waals surface area contributed by atoms with Gasteiger partial charge in [0, 0.05) is 42.0 Å². The maximum absolute atomic E-state index is 10.6. The van der Waals surface area contributed by atoms with E-state index in [0.29, 0.717) is 6.54 Å². The van der Waals surface area contributed by atoms with E-state index in [9.17, 15) is 5.11 Å². The van der Waals surface area contributed by atoms with Gasteiger partial charge in [-0.3, -0.25) is 4.90 Å². The van der Waals surface area contributed by atoms with E-state index in [2.05, 4.69) is 28.2 Å². The molecule has 0 atom stereocenters. The summed E-state index contributed by atoms with van der Waals surface area (Å²) in [6, 6.07) is 2.41. The van der Waals surface area contributed by atoms with Gasteiger partial charge >= 0.3 is 0 Å². The maximum atomic E-state index is 10.6. The highest BCUT2D eigenvalue weighted by Gasteiger charge is 2.42. The molecule has 3 aliphatic rings. The Kier molecular flexibility index (Phi) is 5.26. The standard InChI is InChI=1S/C22H32N4O2S/c1-2-18-13-19-20(29-18)5-12-28-22(19)8-10-25(11-9-22)14-17-15-26(24-23-17)16-21(27)6-3-4-7-21/h13,15,27H,2-12,14,16H2,1H3. The first-order chi connectivity index (χ1) is 14.1. The Labute approximate surface area is 176 Å². The van der Waals surface area contributed by atoms with Crippen molar-refractivity contribution in [1.29, 1.82) is 0 Å². The van der Waals surface area contributed by atoms with Crippen LogP contribution in [0.3, 0.4) is 0 Å². The zero-order chi connectivity index (χ0) is 19.9. The van der Waals surface area contributed by atoms with Gasteiger partial charge in [0.05, 0.1) is 30.0 Å². The fraction of sp³-hybridized carbons (Fsp3) is 0.727. The van der Waals surface area contributed by atoms with Crippen molar-refractivity contribution in [3.05, 3.63) is 33.3 Å². The average molecular weight is 417 g/mol. The molecule has 1 saturated heterocycles. The molecule has 0 unspecified atom stereocenters. The van der Waals surface area contributed by atoms with E-state index in [0.717, 1.165) is 83.3 Å². The smallest absolute Gasteiger partial charge is 0.0967 e. The predicted octanol–water partition coefficient (Wildman–Crippen LogP) is 3.27. The quantitative estimate of drug-likeness (QED) is 0.810. The number of aliphatic hydroxyl groups is 1. The van der Waals surface area contributed by atoms with Gasteiger partial charge in [0.1, 0.15) is 0 Å². The Morgan fingerprint density at radius 3 is 2.76 bits per heavy atom. The van der Waals surface area contributed by atoms with Gasteiger partial charge in [-0.05, 0) is 43.7 Å². The summed E-state index contributed by atoms with van der Waals surface area (Å²) in [5.41, 5.74) is 1.81. The fourth-order valence-electron chi connectivity index (χ4n) is 5.34. The van der Waals surface area contributed by atoms with Crippen LogP contribution in [0, 0.1) is 0 Å². The van der Waals surface area contributed by atoms with Gasteiger partial charge in [-0.25, -0.2) is 4.68 Å². The Hall–Kier alpha value is -1.28. The van der Waals surface area contributed by atoms with Crippen LogP contribution >= 0.6 is 11.3 Å². The van der Waals surface area contributed by atoms with E-state index in [4.69, 9.17) is 4.74 Å². The summed E-state index contributed by atoms with van der Waals surface area (Å²) in [4.78, 5) is 5.51. The van der Waals surface area contributed by atoms with Crippen LogP contribution in [0.25, 0.3) is 0 Å². The van der Waals surface area contributed by atoms with Crippen molar-refractivity contribution in [2.24, 2.45) is 0 Å². The second-order valence-electron chi connectivity index (χ2n) is 9.11. The Bertz CT molecular complexity index is 847. The number of fused-ring (bicyclic) bond motifs is 2. The number of aryl methyl sites for hydroxylation is 1. The molecule has 0 aromatic carbocycles. The number of thiophene rings is 1. The van der Waals surface area contributed by atoms with E-state index in [1.807, 2.05) is 22.2 Å².